The molecule has 6 nitrogen and oxygen atoms in total. The molecule has 1 atom stereocenters. The normalized spacial score (nSPS) is 16.5. The molecule has 150 valence electrons. The van der Waals surface area contributed by atoms with Crippen LogP contribution in [-0.4, -0.2) is 77.1 Å². The van der Waals surface area contributed by atoms with E-state index >= 15 is 0 Å². The molecule has 1 unspecified atom stereocenters. The summed E-state index contributed by atoms with van der Waals surface area (Å²) >= 11 is 0. The summed E-state index contributed by atoms with van der Waals surface area (Å²) in [5, 5.41) is 6.69. The summed E-state index contributed by atoms with van der Waals surface area (Å²) in [5.74, 6) is 1.48. The van der Waals surface area contributed by atoms with E-state index in [4.69, 9.17) is 9.47 Å². The molecule has 0 amide bonds. The van der Waals surface area contributed by atoms with Gasteiger partial charge in [-0.25, -0.2) is 0 Å². The van der Waals surface area contributed by atoms with Crippen molar-refractivity contribution < 1.29 is 9.47 Å². The second kappa shape index (κ2) is 17.3. The van der Waals surface area contributed by atoms with Crippen molar-refractivity contribution in [3.05, 3.63) is 0 Å². The van der Waals surface area contributed by atoms with Crippen LogP contribution in [-0.2, 0) is 9.47 Å². The summed E-state index contributed by atoms with van der Waals surface area (Å²) < 4.78 is 11.0. The van der Waals surface area contributed by atoms with Crippen LogP contribution >= 0.6 is 24.0 Å². The van der Waals surface area contributed by atoms with Gasteiger partial charge in [0, 0.05) is 33.3 Å². The van der Waals surface area contributed by atoms with E-state index < -0.39 is 0 Å². The third-order valence-electron chi connectivity index (χ3n) is 4.16. The molecular formula is C18H39IN4O2. The SMILES string of the molecule is CCCCOCCOCCNC(=NC)NCC(C)CN1CCCC1.I. The van der Waals surface area contributed by atoms with E-state index in [1.807, 2.05) is 7.05 Å². The summed E-state index contributed by atoms with van der Waals surface area (Å²) in [6.45, 7) is 12.7. The van der Waals surface area contributed by atoms with Crippen LogP contribution in [0.1, 0.15) is 39.5 Å². The molecule has 1 heterocycles. The number of unbranched alkanes of at least 4 members (excludes halogenated alkanes) is 1. The van der Waals surface area contributed by atoms with Gasteiger partial charge >= 0.3 is 0 Å². The molecule has 25 heavy (non-hydrogen) atoms. The second-order valence-corrected chi connectivity index (χ2v) is 6.57. The zero-order valence-corrected chi connectivity index (χ0v) is 18.7. The number of guanidine groups is 1. The van der Waals surface area contributed by atoms with E-state index in [0.29, 0.717) is 25.7 Å². The molecule has 0 spiro atoms. The van der Waals surface area contributed by atoms with E-state index in [0.717, 1.165) is 32.1 Å². The summed E-state index contributed by atoms with van der Waals surface area (Å²) in [5.41, 5.74) is 0. The van der Waals surface area contributed by atoms with Crippen LogP contribution in [0.2, 0.25) is 0 Å². The fourth-order valence-corrected chi connectivity index (χ4v) is 2.77. The highest BCUT2D eigenvalue weighted by Gasteiger charge is 2.14. The van der Waals surface area contributed by atoms with E-state index in [1.54, 1.807) is 0 Å². The molecule has 0 aromatic heterocycles. The van der Waals surface area contributed by atoms with Crippen molar-refractivity contribution in [2.45, 2.75) is 39.5 Å². The van der Waals surface area contributed by atoms with Gasteiger partial charge in [-0.1, -0.05) is 20.3 Å². The molecule has 0 radical (unpaired) electrons. The minimum absolute atomic E-state index is 0. The molecule has 1 rings (SSSR count). The quantitative estimate of drug-likeness (QED) is 0.187. The number of hydrogen-bond acceptors (Lipinski definition) is 4. The third kappa shape index (κ3) is 13.7. The maximum Gasteiger partial charge on any atom is 0.191 e. The average Bonchev–Trinajstić information content (AvgIpc) is 3.09. The number of nitrogens with zero attached hydrogens (tertiary/aromatic N) is 2. The van der Waals surface area contributed by atoms with Crippen LogP contribution in [0.15, 0.2) is 4.99 Å². The molecule has 1 aliphatic heterocycles. The maximum atomic E-state index is 5.55. The van der Waals surface area contributed by atoms with Crippen LogP contribution in [0, 0.1) is 5.92 Å². The summed E-state index contributed by atoms with van der Waals surface area (Å²) in [4.78, 5) is 6.81. The lowest BCUT2D eigenvalue weighted by atomic mass is 10.1. The number of rotatable bonds is 13. The van der Waals surface area contributed by atoms with Gasteiger partial charge in [0.1, 0.15) is 0 Å². The monoisotopic (exact) mass is 470 g/mol. The van der Waals surface area contributed by atoms with E-state index in [2.05, 4.69) is 34.4 Å². The Labute approximate surface area is 171 Å². The lowest BCUT2D eigenvalue weighted by Crippen LogP contribution is -2.42. The van der Waals surface area contributed by atoms with Crippen molar-refractivity contribution in [2.24, 2.45) is 10.9 Å². The average molecular weight is 470 g/mol. The van der Waals surface area contributed by atoms with Crippen LogP contribution in [0.5, 0.6) is 0 Å². The third-order valence-corrected chi connectivity index (χ3v) is 4.16. The van der Waals surface area contributed by atoms with E-state index in [-0.39, 0.29) is 24.0 Å². The molecule has 2 N–H and O–H groups in total. The highest BCUT2D eigenvalue weighted by molar-refractivity contribution is 14.0. The number of aliphatic imine (C=N–C) groups is 1. The van der Waals surface area contributed by atoms with Crippen LogP contribution in [0.4, 0.5) is 0 Å². The Hall–Kier alpha value is -0.120. The van der Waals surface area contributed by atoms with Crippen molar-refractivity contribution in [3.63, 3.8) is 0 Å². The lowest BCUT2D eigenvalue weighted by molar-refractivity contribution is 0.0487. The zero-order chi connectivity index (χ0) is 17.5. The van der Waals surface area contributed by atoms with Crippen molar-refractivity contribution in [1.82, 2.24) is 15.5 Å². The number of nitrogens with one attached hydrogen (secondary N) is 2. The van der Waals surface area contributed by atoms with Gasteiger partial charge in [0.15, 0.2) is 5.96 Å². The first-order valence-corrected chi connectivity index (χ1v) is 9.58. The van der Waals surface area contributed by atoms with Crippen LogP contribution in [0.3, 0.4) is 0 Å². The van der Waals surface area contributed by atoms with Gasteiger partial charge in [-0.2, -0.15) is 0 Å². The number of ether oxygens (including phenoxy) is 2. The Morgan fingerprint density at radius 1 is 1.08 bits per heavy atom. The Balaban J connectivity index is 0.00000576. The highest BCUT2D eigenvalue weighted by atomic mass is 127. The highest BCUT2D eigenvalue weighted by Crippen LogP contribution is 2.09. The maximum absolute atomic E-state index is 5.55. The zero-order valence-electron chi connectivity index (χ0n) is 16.4. The molecule has 1 fully saturated rings. The van der Waals surface area contributed by atoms with E-state index in [9.17, 15) is 0 Å². The first-order valence-electron chi connectivity index (χ1n) is 9.58. The lowest BCUT2D eigenvalue weighted by Gasteiger charge is -2.21. The second-order valence-electron chi connectivity index (χ2n) is 6.57. The van der Waals surface area contributed by atoms with Gasteiger partial charge in [-0.05, 0) is 38.3 Å². The van der Waals surface area contributed by atoms with E-state index in [1.165, 1.54) is 38.9 Å². The Morgan fingerprint density at radius 2 is 1.76 bits per heavy atom. The standard InChI is InChI=1S/C18H38N4O2.HI/c1-4-5-11-23-13-14-24-12-8-20-18(19-3)21-15-17(2)16-22-9-6-7-10-22;/h17H,4-16H2,1-3H3,(H2,19,20,21);1H. The van der Waals surface area contributed by atoms with Crippen molar-refractivity contribution in [3.8, 4) is 0 Å². The molecule has 1 aliphatic rings. The molecule has 0 aromatic carbocycles. The molecular weight excluding hydrogens is 431 g/mol. The van der Waals surface area contributed by atoms with Gasteiger partial charge in [0.05, 0.1) is 19.8 Å². The van der Waals surface area contributed by atoms with Crippen molar-refractivity contribution in [1.29, 1.82) is 0 Å². The molecule has 0 aromatic rings. The topological polar surface area (TPSA) is 58.1 Å². The van der Waals surface area contributed by atoms with Gasteiger partial charge in [-0.3, -0.25) is 4.99 Å². The molecule has 0 aliphatic carbocycles. The fraction of sp³-hybridized carbons (Fsp3) is 0.944. The molecule has 0 saturated carbocycles. The first-order chi connectivity index (χ1) is 11.8. The summed E-state index contributed by atoms with van der Waals surface area (Å²) in [6, 6.07) is 0. The Morgan fingerprint density at radius 3 is 2.40 bits per heavy atom. The Kier molecular flexibility index (Phi) is 17.2. The van der Waals surface area contributed by atoms with Crippen molar-refractivity contribution >= 4 is 29.9 Å². The Bertz CT molecular complexity index is 326. The molecule has 7 heteroatoms. The van der Waals surface area contributed by atoms with Crippen LogP contribution in [0.25, 0.3) is 0 Å². The number of hydrogen-bond donors (Lipinski definition) is 2. The summed E-state index contributed by atoms with van der Waals surface area (Å²) in [7, 11) is 1.81. The van der Waals surface area contributed by atoms with Crippen molar-refractivity contribution in [2.75, 3.05) is 66.2 Å². The van der Waals surface area contributed by atoms with Gasteiger partial charge < -0.3 is 25.0 Å². The van der Waals surface area contributed by atoms with Crippen LogP contribution < -0.4 is 10.6 Å². The summed E-state index contributed by atoms with van der Waals surface area (Å²) in [6.07, 6.45) is 5.01. The predicted molar refractivity (Wildman–Crippen MR) is 116 cm³/mol. The molecule has 1 saturated heterocycles. The van der Waals surface area contributed by atoms with Gasteiger partial charge in [0.25, 0.3) is 0 Å². The first kappa shape index (κ1) is 24.9. The minimum atomic E-state index is 0. The number of likely N-dealkylation sites (tertiary alicyclic amines) is 1. The van der Waals surface area contributed by atoms with Gasteiger partial charge in [0.2, 0.25) is 0 Å². The molecule has 0 bridgehead atoms. The fourth-order valence-electron chi connectivity index (χ4n) is 2.77. The smallest absolute Gasteiger partial charge is 0.191 e. The number of halogens is 1. The van der Waals surface area contributed by atoms with Gasteiger partial charge in [-0.15, -0.1) is 24.0 Å². The predicted octanol–water partition coefficient (Wildman–Crippen LogP) is 2.33. The minimum Gasteiger partial charge on any atom is -0.379 e. The largest absolute Gasteiger partial charge is 0.379 e.